The van der Waals surface area contributed by atoms with Crippen molar-refractivity contribution in [1.82, 2.24) is 4.90 Å². The third kappa shape index (κ3) is 4.67. The summed E-state index contributed by atoms with van der Waals surface area (Å²) in [5.41, 5.74) is 1.13. The normalized spacial score (nSPS) is 17.7. The number of Topliss-reactive ketones (excluding diaryl/α,β-unsaturated/α-hetero) is 1. The second-order valence-corrected chi connectivity index (χ2v) is 8.08. The minimum absolute atomic E-state index is 0.0456. The highest BCUT2D eigenvalue weighted by Crippen LogP contribution is 2.40. The molecule has 2 aromatic carbocycles. The fourth-order valence-corrected chi connectivity index (χ4v) is 3.90. The summed E-state index contributed by atoms with van der Waals surface area (Å²) in [4.78, 5) is 27.4. The molecule has 1 aromatic heterocycles. The minimum atomic E-state index is -0.880. The van der Waals surface area contributed by atoms with E-state index in [0.29, 0.717) is 23.5 Å². The molecule has 1 aliphatic heterocycles. The van der Waals surface area contributed by atoms with Crippen LogP contribution >= 0.6 is 0 Å². The fourth-order valence-electron chi connectivity index (χ4n) is 3.90. The Morgan fingerprint density at radius 2 is 1.88 bits per heavy atom. The molecule has 2 heterocycles. The van der Waals surface area contributed by atoms with Crippen LogP contribution in [0.25, 0.3) is 5.76 Å². The summed E-state index contributed by atoms with van der Waals surface area (Å²) < 4.78 is 24.5. The lowest BCUT2D eigenvalue weighted by Gasteiger charge is -2.23. The minimum Gasteiger partial charge on any atom is -0.507 e. The summed E-state index contributed by atoms with van der Waals surface area (Å²) in [6, 6.07) is 15.1. The highest BCUT2D eigenvalue weighted by Gasteiger charge is 2.47. The van der Waals surface area contributed by atoms with Gasteiger partial charge in [-0.3, -0.25) is 9.59 Å². The van der Waals surface area contributed by atoms with Crippen molar-refractivity contribution in [1.29, 1.82) is 0 Å². The molecular weight excluding hydrogens is 425 g/mol. The predicted molar refractivity (Wildman–Crippen MR) is 120 cm³/mol. The third-order valence-corrected chi connectivity index (χ3v) is 5.39. The molecule has 1 unspecified atom stereocenters. The lowest BCUT2D eigenvalue weighted by molar-refractivity contribution is -0.140. The lowest BCUT2D eigenvalue weighted by atomic mass is 9.99. The number of likely N-dealkylation sites (tertiary alicyclic amines) is 1. The summed E-state index contributed by atoms with van der Waals surface area (Å²) in [7, 11) is 0. The number of carbonyl (C=O) groups excluding carboxylic acids is 2. The van der Waals surface area contributed by atoms with Gasteiger partial charge in [0.05, 0.1) is 17.9 Å². The van der Waals surface area contributed by atoms with Crippen molar-refractivity contribution in [2.24, 2.45) is 0 Å². The molecule has 7 heteroatoms. The highest BCUT2D eigenvalue weighted by molar-refractivity contribution is 6.46. The van der Waals surface area contributed by atoms with Crippen LogP contribution < -0.4 is 4.74 Å². The van der Waals surface area contributed by atoms with Crippen LogP contribution in [-0.4, -0.2) is 34.3 Å². The van der Waals surface area contributed by atoms with Gasteiger partial charge in [-0.25, -0.2) is 4.39 Å². The van der Waals surface area contributed by atoms with Crippen LogP contribution in [-0.2, 0) is 16.0 Å². The van der Waals surface area contributed by atoms with E-state index in [9.17, 15) is 19.1 Å². The van der Waals surface area contributed by atoms with Gasteiger partial charge in [-0.15, -0.1) is 0 Å². The van der Waals surface area contributed by atoms with E-state index >= 15 is 0 Å². The quantitative estimate of drug-likeness (QED) is 0.316. The number of aliphatic hydroxyl groups excluding tert-OH is 1. The first kappa shape index (κ1) is 22.3. The Kier molecular flexibility index (Phi) is 6.31. The van der Waals surface area contributed by atoms with Crippen molar-refractivity contribution in [3.05, 3.63) is 95.2 Å². The van der Waals surface area contributed by atoms with Crippen LogP contribution in [0.15, 0.2) is 76.9 Å². The maximum absolute atomic E-state index is 13.2. The maximum Gasteiger partial charge on any atom is 0.295 e. The molecule has 0 bridgehead atoms. The van der Waals surface area contributed by atoms with E-state index in [1.807, 2.05) is 13.8 Å². The van der Waals surface area contributed by atoms with Gasteiger partial charge in [-0.2, -0.15) is 0 Å². The zero-order chi connectivity index (χ0) is 23.5. The van der Waals surface area contributed by atoms with Crippen LogP contribution in [0, 0.1) is 5.82 Å². The summed E-state index contributed by atoms with van der Waals surface area (Å²) in [5.74, 6) is -1.26. The topological polar surface area (TPSA) is 80.0 Å². The number of furan rings is 1. The Hall–Kier alpha value is -3.87. The van der Waals surface area contributed by atoms with E-state index in [-0.39, 0.29) is 29.8 Å². The molecule has 6 nitrogen and oxygen atoms in total. The Bertz CT molecular complexity index is 1180. The van der Waals surface area contributed by atoms with E-state index in [1.54, 1.807) is 48.5 Å². The first-order chi connectivity index (χ1) is 15.8. The number of ether oxygens (including phenoxy) is 1. The van der Waals surface area contributed by atoms with Crippen molar-refractivity contribution in [2.45, 2.75) is 32.4 Å². The number of aliphatic hydroxyl groups is 1. The Labute approximate surface area is 190 Å². The molecule has 33 heavy (non-hydrogen) atoms. The van der Waals surface area contributed by atoms with E-state index in [4.69, 9.17) is 9.15 Å². The van der Waals surface area contributed by atoms with Crippen molar-refractivity contribution in [3.8, 4) is 5.75 Å². The maximum atomic E-state index is 13.2. The number of carbonyl (C=O) groups is 2. The molecule has 1 N–H and O–H groups in total. The van der Waals surface area contributed by atoms with Gasteiger partial charge in [0.1, 0.15) is 29.1 Å². The summed E-state index contributed by atoms with van der Waals surface area (Å²) in [5, 5.41) is 11.1. The highest BCUT2D eigenvalue weighted by atomic mass is 19.1. The predicted octanol–water partition coefficient (Wildman–Crippen LogP) is 4.87. The first-order valence-corrected chi connectivity index (χ1v) is 10.7. The second-order valence-electron chi connectivity index (χ2n) is 8.08. The van der Waals surface area contributed by atoms with Gasteiger partial charge in [-0.1, -0.05) is 24.3 Å². The molecule has 0 spiro atoms. The van der Waals surface area contributed by atoms with Crippen LogP contribution in [0.1, 0.15) is 36.8 Å². The molecule has 0 radical (unpaired) electrons. The standard InChI is InChI=1S/C26H24FNO5/c1-16(2)33-20-6-3-5-18(15-20)24(29)22-23(21-7-4-14-32-21)28(26(31)25(22)30)13-12-17-8-10-19(27)11-9-17/h3-11,14-16,23,29H,12-13H2,1-2H3/b24-22-. The van der Waals surface area contributed by atoms with Crippen LogP contribution in [0.3, 0.4) is 0 Å². The van der Waals surface area contributed by atoms with Crippen LogP contribution in [0.5, 0.6) is 5.75 Å². The Balaban J connectivity index is 1.71. The van der Waals surface area contributed by atoms with Crippen molar-refractivity contribution in [3.63, 3.8) is 0 Å². The van der Waals surface area contributed by atoms with Crippen LogP contribution in [0.4, 0.5) is 4.39 Å². The van der Waals surface area contributed by atoms with E-state index < -0.39 is 17.7 Å². The monoisotopic (exact) mass is 449 g/mol. The number of amides is 1. The van der Waals surface area contributed by atoms with E-state index in [0.717, 1.165) is 5.56 Å². The number of benzene rings is 2. The smallest absolute Gasteiger partial charge is 0.295 e. The summed E-state index contributed by atoms with van der Waals surface area (Å²) >= 11 is 0. The Morgan fingerprint density at radius 1 is 1.12 bits per heavy atom. The number of nitrogens with zero attached hydrogens (tertiary/aromatic N) is 1. The second kappa shape index (κ2) is 9.32. The first-order valence-electron chi connectivity index (χ1n) is 10.7. The largest absolute Gasteiger partial charge is 0.507 e. The van der Waals surface area contributed by atoms with E-state index in [1.165, 1.54) is 23.3 Å². The average molecular weight is 449 g/mol. The van der Waals surface area contributed by atoms with Gasteiger partial charge >= 0.3 is 0 Å². The lowest BCUT2D eigenvalue weighted by Crippen LogP contribution is -2.31. The molecule has 1 atom stereocenters. The van der Waals surface area contributed by atoms with Gasteiger partial charge < -0.3 is 19.2 Å². The van der Waals surface area contributed by atoms with Crippen molar-refractivity contribution in [2.75, 3.05) is 6.54 Å². The number of ketones is 1. The fraction of sp³-hybridized carbons (Fsp3) is 0.231. The third-order valence-electron chi connectivity index (χ3n) is 5.39. The molecule has 3 aromatic rings. The van der Waals surface area contributed by atoms with E-state index in [2.05, 4.69) is 0 Å². The summed E-state index contributed by atoms with van der Waals surface area (Å²) in [6.45, 7) is 3.96. The molecule has 0 saturated carbocycles. The Morgan fingerprint density at radius 3 is 2.55 bits per heavy atom. The zero-order valence-corrected chi connectivity index (χ0v) is 18.3. The van der Waals surface area contributed by atoms with Crippen molar-refractivity contribution >= 4 is 17.4 Å². The molecular formula is C26H24FNO5. The molecule has 1 amide bonds. The molecule has 1 saturated heterocycles. The number of hydrogen-bond donors (Lipinski definition) is 1. The van der Waals surface area contributed by atoms with Crippen molar-refractivity contribution < 1.29 is 28.2 Å². The molecule has 170 valence electrons. The average Bonchev–Trinajstić information content (AvgIpc) is 3.40. The number of halogens is 1. The number of hydrogen-bond acceptors (Lipinski definition) is 5. The van der Waals surface area contributed by atoms with Gasteiger partial charge in [0.2, 0.25) is 0 Å². The van der Waals surface area contributed by atoms with Gasteiger partial charge in [0.25, 0.3) is 11.7 Å². The molecule has 1 fully saturated rings. The van der Waals surface area contributed by atoms with Gasteiger partial charge in [-0.05, 0) is 62.2 Å². The SMILES string of the molecule is CC(C)Oc1cccc(/C(O)=C2/C(=O)C(=O)N(CCc3ccc(F)cc3)C2c2ccco2)c1. The molecule has 1 aliphatic rings. The zero-order valence-electron chi connectivity index (χ0n) is 18.3. The number of rotatable bonds is 7. The van der Waals surface area contributed by atoms with Gasteiger partial charge in [0, 0.05) is 12.1 Å². The van der Waals surface area contributed by atoms with Gasteiger partial charge in [0.15, 0.2) is 0 Å². The van der Waals surface area contributed by atoms with Crippen LogP contribution in [0.2, 0.25) is 0 Å². The molecule has 4 rings (SSSR count). The summed E-state index contributed by atoms with van der Waals surface area (Å²) in [6.07, 6.45) is 1.79. The molecule has 0 aliphatic carbocycles.